The van der Waals surface area contributed by atoms with E-state index >= 15 is 0 Å². The summed E-state index contributed by atoms with van der Waals surface area (Å²) in [5.41, 5.74) is 7.53. The van der Waals surface area contributed by atoms with Gasteiger partial charge in [-0.3, -0.25) is 9.20 Å². The Hall–Kier alpha value is -2.69. The Labute approximate surface area is 174 Å². The molecule has 3 aromatic rings. The number of aliphatic imine (C=N–C) groups is 1. The minimum absolute atomic E-state index is 0. The van der Waals surface area contributed by atoms with Crippen LogP contribution < -0.4 is 16.4 Å². The molecule has 2 aromatic heterocycles. The number of carbonyl (C=O) groups is 1. The van der Waals surface area contributed by atoms with Gasteiger partial charge in [0.25, 0.3) is 0 Å². The summed E-state index contributed by atoms with van der Waals surface area (Å²) in [4.78, 5) is 15.7. The first kappa shape index (κ1) is 20.6. The molecule has 0 fully saturated rings. The highest BCUT2D eigenvalue weighted by atomic mass is 127. The molecule has 4 N–H and O–H groups in total. The van der Waals surface area contributed by atoms with Gasteiger partial charge in [-0.25, -0.2) is 4.99 Å². The average molecular weight is 479 g/mol. The summed E-state index contributed by atoms with van der Waals surface area (Å²) in [6, 6.07) is 12.9. The summed E-state index contributed by atoms with van der Waals surface area (Å²) >= 11 is 0. The Morgan fingerprint density at radius 3 is 2.63 bits per heavy atom. The monoisotopic (exact) mass is 479 g/mol. The maximum Gasteiger partial charge on any atom is 0.248 e. The van der Waals surface area contributed by atoms with E-state index in [0.29, 0.717) is 24.6 Å². The lowest BCUT2D eigenvalue weighted by atomic mass is 10.1. The van der Waals surface area contributed by atoms with Crippen molar-refractivity contribution in [3.63, 3.8) is 0 Å². The molecule has 1 aromatic carbocycles. The molecule has 3 rings (SSSR count). The minimum atomic E-state index is -0.435. The molecule has 2 heterocycles. The van der Waals surface area contributed by atoms with E-state index in [2.05, 4.69) is 25.8 Å². The van der Waals surface area contributed by atoms with E-state index in [9.17, 15) is 4.79 Å². The number of rotatable bonds is 6. The highest BCUT2D eigenvalue weighted by molar-refractivity contribution is 14.0. The second kappa shape index (κ2) is 9.86. The highest BCUT2D eigenvalue weighted by Crippen LogP contribution is 2.05. The zero-order valence-electron chi connectivity index (χ0n) is 14.9. The van der Waals surface area contributed by atoms with Crippen molar-refractivity contribution in [3.8, 4) is 0 Å². The number of primary amides is 1. The number of carbonyl (C=O) groups excluding carboxylic acids is 1. The van der Waals surface area contributed by atoms with Crippen LogP contribution in [0.1, 0.15) is 28.7 Å². The fraction of sp³-hybridized carbons (Fsp3) is 0.222. The molecular formula is C18H22IN7O. The van der Waals surface area contributed by atoms with Gasteiger partial charge in [0.05, 0.1) is 13.1 Å². The first-order valence-electron chi connectivity index (χ1n) is 8.37. The molecule has 1 amide bonds. The standard InChI is InChI=1S/C18H21N7O.HI/c1-2-20-18(21-11-13-6-8-14(9-7-13)17(19)26)22-12-16-24-23-15-5-3-4-10-25(15)16;/h3-10H,2,11-12H2,1H3,(H2,19,26)(H2,20,21,22);1H. The number of aromatic nitrogens is 3. The van der Waals surface area contributed by atoms with E-state index < -0.39 is 5.91 Å². The molecular weight excluding hydrogens is 457 g/mol. The van der Waals surface area contributed by atoms with E-state index in [1.807, 2.05) is 47.9 Å². The van der Waals surface area contributed by atoms with E-state index in [-0.39, 0.29) is 24.0 Å². The zero-order chi connectivity index (χ0) is 18.4. The van der Waals surface area contributed by atoms with Gasteiger partial charge >= 0.3 is 0 Å². The summed E-state index contributed by atoms with van der Waals surface area (Å²) in [5.74, 6) is 1.05. The van der Waals surface area contributed by atoms with Gasteiger partial charge < -0.3 is 16.4 Å². The number of benzene rings is 1. The van der Waals surface area contributed by atoms with E-state index in [4.69, 9.17) is 5.73 Å². The Balaban J connectivity index is 0.00000261. The van der Waals surface area contributed by atoms with E-state index in [1.165, 1.54) is 0 Å². The summed E-state index contributed by atoms with van der Waals surface area (Å²) in [6.45, 7) is 3.73. The van der Waals surface area contributed by atoms with Crippen LogP contribution in [-0.2, 0) is 13.1 Å². The Morgan fingerprint density at radius 1 is 1.15 bits per heavy atom. The second-order valence-electron chi connectivity index (χ2n) is 5.65. The molecule has 9 heteroatoms. The summed E-state index contributed by atoms with van der Waals surface area (Å²) < 4.78 is 1.93. The van der Waals surface area contributed by atoms with Crippen LogP contribution in [0.25, 0.3) is 5.65 Å². The van der Waals surface area contributed by atoms with Gasteiger partial charge in [0.15, 0.2) is 17.4 Å². The molecule has 0 radical (unpaired) electrons. The third-order valence-electron chi connectivity index (χ3n) is 3.80. The van der Waals surface area contributed by atoms with Crippen molar-refractivity contribution in [2.75, 3.05) is 6.54 Å². The van der Waals surface area contributed by atoms with Crippen LogP contribution in [0.2, 0.25) is 0 Å². The van der Waals surface area contributed by atoms with E-state index in [1.54, 1.807) is 12.1 Å². The smallest absolute Gasteiger partial charge is 0.248 e. The lowest BCUT2D eigenvalue weighted by Crippen LogP contribution is -2.37. The maximum atomic E-state index is 11.1. The van der Waals surface area contributed by atoms with Crippen LogP contribution in [0, 0.1) is 0 Å². The number of hydrogen-bond donors (Lipinski definition) is 3. The molecule has 0 aliphatic rings. The molecule has 8 nitrogen and oxygen atoms in total. The molecule has 0 saturated carbocycles. The average Bonchev–Trinajstić information content (AvgIpc) is 3.07. The molecule has 0 atom stereocenters. The number of pyridine rings is 1. The van der Waals surface area contributed by atoms with Gasteiger partial charge in [0.2, 0.25) is 5.91 Å². The van der Waals surface area contributed by atoms with Crippen molar-refractivity contribution in [2.45, 2.75) is 20.0 Å². The number of halogens is 1. The number of nitrogens with two attached hydrogens (primary N) is 1. The predicted octanol–water partition coefficient (Wildman–Crippen LogP) is 1.70. The third-order valence-corrected chi connectivity index (χ3v) is 3.80. The fourth-order valence-corrected chi connectivity index (χ4v) is 2.46. The third kappa shape index (κ3) is 5.39. The Bertz CT molecular complexity index is 921. The fourth-order valence-electron chi connectivity index (χ4n) is 2.46. The van der Waals surface area contributed by atoms with Crippen LogP contribution in [-0.4, -0.2) is 33.0 Å². The summed E-state index contributed by atoms with van der Waals surface area (Å²) in [6.07, 6.45) is 1.93. The summed E-state index contributed by atoms with van der Waals surface area (Å²) in [7, 11) is 0. The Kier molecular flexibility index (Phi) is 7.53. The number of nitrogens with zero attached hydrogens (tertiary/aromatic N) is 4. The van der Waals surface area contributed by atoms with Gasteiger partial charge in [-0.1, -0.05) is 18.2 Å². The molecule has 0 unspecified atom stereocenters. The van der Waals surface area contributed by atoms with Crippen LogP contribution in [0.5, 0.6) is 0 Å². The molecule has 0 aliphatic heterocycles. The van der Waals surface area contributed by atoms with Crippen molar-refractivity contribution in [1.82, 2.24) is 25.2 Å². The molecule has 0 bridgehead atoms. The maximum absolute atomic E-state index is 11.1. The summed E-state index contributed by atoms with van der Waals surface area (Å²) in [5, 5.41) is 14.8. The quantitative estimate of drug-likeness (QED) is 0.283. The normalized spacial score (nSPS) is 11.1. The number of fused-ring (bicyclic) bond motifs is 1. The van der Waals surface area contributed by atoms with Gasteiger partial charge in [-0.15, -0.1) is 34.2 Å². The number of guanidine groups is 1. The van der Waals surface area contributed by atoms with Gasteiger partial charge in [-0.05, 0) is 36.8 Å². The van der Waals surface area contributed by atoms with Crippen LogP contribution in [0.3, 0.4) is 0 Å². The van der Waals surface area contributed by atoms with Crippen molar-refractivity contribution < 1.29 is 4.79 Å². The lowest BCUT2D eigenvalue weighted by molar-refractivity contribution is 0.100. The topological polar surface area (TPSA) is 110 Å². The molecule has 0 spiro atoms. The first-order valence-corrected chi connectivity index (χ1v) is 8.37. The molecule has 142 valence electrons. The predicted molar refractivity (Wildman–Crippen MR) is 115 cm³/mol. The largest absolute Gasteiger partial charge is 0.366 e. The Morgan fingerprint density at radius 2 is 1.93 bits per heavy atom. The van der Waals surface area contributed by atoms with Crippen LogP contribution in [0.15, 0.2) is 53.7 Å². The van der Waals surface area contributed by atoms with Gasteiger partial charge in [0.1, 0.15) is 0 Å². The molecule has 27 heavy (non-hydrogen) atoms. The number of amides is 1. The minimum Gasteiger partial charge on any atom is -0.366 e. The van der Waals surface area contributed by atoms with Crippen molar-refractivity contribution >= 4 is 41.5 Å². The van der Waals surface area contributed by atoms with Crippen LogP contribution >= 0.6 is 24.0 Å². The lowest BCUT2D eigenvalue weighted by Gasteiger charge is -2.10. The zero-order valence-corrected chi connectivity index (χ0v) is 17.3. The van der Waals surface area contributed by atoms with Crippen molar-refractivity contribution in [2.24, 2.45) is 10.7 Å². The van der Waals surface area contributed by atoms with Gasteiger partial charge in [0, 0.05) is 18.3 Å². The molecule has 0 saturated heterocycles. The SMILES string of the molecule is CCNC(=NCc1ccc(C(N)=O)cc1)NCc1nnc2ccccn12.I. The number of hydrogen-bond acceptors (Lipinski definition) is 4. The highest BCUT2D eigenvalue weighted by Gasteiger charge is 2.06. The second-order valence-corrected chi connectivity index (χ2v) is 5.65. The molecule has 0 aliphatic carbocycles. The van der Waals surface area contributed by atoms with Gasteiger partial charge in [-0.2, -0.15) is 0 Å². The van der Waals surface area contributed by atoms with Crippen molar-refractivity contribution in [1.29, 1.82) is 0 Å². The van der Waals surface area contributed by atoms with E-state index in [0.717, 1.165) is 23.6 Å². The van der Waals surface area contributed by atoms with Crippen molar-refractivity contribution in [3.05, 3.63) is 65.6 Å². The van der Waals surface area contributed by atoms with Crippen LogP contribution in [0.4, 0.5) is 0 Å². The number of nitrogens with one attached hydrogen (secondary N) is 2. The first-order chi connectivity index (χ1) is 12.7.